The van der Waals surface area contributed by atoms with Crippen LogP contribution in [-0.2, 0) is 17.7 Å². The number of nitrogens with zero attached hydrogens (tertiary/aromatic N) is 2. The van der Waals surface area contributed by atoms with Crippen LogP contribution in [0.1, 0.15) is 23.0 Å². The molecule has 3 rings (SSSR count). The number of aromatic nitrogens is 3. The Morgan fingerprint density at radius 1 is 1.33 bits per heavy atom. The van der Waals surface area contributed by atoms with Gasteiger partial charge in [-0.05, 0) is 25.0 Å². The number of benzene rings is 1. The summed E-state index contributed by atoms with van der Waals surface area (Å²) in [6.07, 6.45) is 2.64. The van der Waals surface area contributed by atoms with Crippen LogP contribution in [-0.4, -0.2) is 27.3 Å². The first kappa shape index (κ1) is 13.4. The first-order chi connectivity index (χ1) is 10.3. The number of hydrogen-bond acceptors (Lipinski definition) is 3. The minimum atomic E-state index is -0.330. The lowest BCUT2D eigenvalue weighted by Crippen LogP contribution is -2.05. The maximum atomic E-state index is 11.7. The summed E-state index contributed by atoms with van der Waals surface area (Å²) < 4.78 is 6.90. The number of esters is 1. The molecule has 5 nitrogen and oxygen atoms in total. The summed E-state index contributed by atoms with van der Waals surface area (Å²) >= 11 is 0. The van der Waals surface area contributed by atoms with Gasteiger partial charge in [-0.15, -0.1) is 0 Å². The van der Waals surface area contributed by atoms with E-state index in [4.69, 9.17) is 4.74 Å². The van der Waals surface area contributed by atoms with Crippen molar-refractivity contribution < 1.29 is 9.53 Å². The Balaban J connectivity index is 1.78. The van der Waals surface area contributed by atoms with Crippen molar-refractivity contribution in [3.63, 3.8) is 0 Å². The third-order valence-electron chi connectivity index (χ3n) is 3.38. The first-order valence-electron chi connectivity index (χ1n) is 7.03. The summed E-state index contributed by atoms with van der Waals surface area (Å²) in [5.74, 6) is -0.330. The molecular weight excluding hydrogens is 266 g/mol. The van der Waals surface area contributed by atoms with Gasteiger partial charge in [-0.1, -0.05) is 30.3 Å². The second-order valence-corrected chi connectivity index (χ2v) is 4.81. The Morgan fingerprint density at radius 3 is 2.90 bits per heavy atom. The molecule has 0 saturated carbocycles. The van der Waals surface area contributed by atoms with Crippen molar-refractivity contribution in [2.75, 3.05) is 6.61 Å². The maximum Gasteiger partial charge on any atom is 0.354 e. The normalized spacial score (nSPS) is 10.9. The summed E-state index contributed by atoms with van der Waals surface area (Å²) in [6, 6.07) is 12.1. The number of ether oxygens (including phenoxy) is 1. The molecule has 0 unspecified atom stereocenters. The molecule has 0 aliphatic rings. The Bertz CT molecular complexity index is 743. The van der Waals surface area contributed by atoms with E-state index in [1.54, 1.807) is 19.2 Å². The molecule has 0 saturated heterocycles. The number of carbonyl (C=O) groups is 1. The highest BCUT2D eigenvalue weighted by atomic mass is 16.5. The van der Waals surface area contributed by atoms with Crippen molar-refractivity contribution in [3.8, 4) is 0 Å². The lowest BCUT2D eigenvalue weighted by Gasteiger charge is -2.02. The number of carbonyl (C=O) groups excluding carboxylic acids is 1. The van der Waals surface area contributed by atoms with Crippen molar-refractivity contribution in [2.24, 2.45) is 0 Å². The van der Waals surface area contributed by atoms with Gasteiger partial charge in [-0.3, -0.25) is 4.68 Å². The van der Waals surface area contributed by atoms with Crippen LogP contribution in [0.4, 0.5) is 0 Å². The molecule has 2 heterocycles. The Labute approximate surface area is 122 Å². The van der Waals surface area contributed by atoms with Gasteiger partial charge in [-0.25, -0.2) is 4.79 Å². The van der Waals surface area contributed by atoms with Crippen LogP contribution in [0.3, 0.4) is 0 Å². The van der Waals surface area contributed by atoms with Gasteiger partial charge in [0.05, 0.1) is 23.8 Å². The fraction of sp³-hybridized carbons (Fsp3) is 0.250. The second kappa shape index (κ2) is 5.83. The second-order valence-electron chi connectivity index (χ2n) is 4.81. The minimum Gasteiger partial charge on any atom is -0.461 e. The van der Waals surface area contributed by atoms with Gasteiger partial charge in [0.2, 0.25) is 0 Å². The molecule has 0 radical (unpaired) electrons. The van der Waals surface area contributed by atoms with Crippen LogP contribution in [0.15, 0.2) is 42.6 Å². The van der Waals surface area contributed by atoms with Crippen LogP contribution in [0, 0.1) is 0 Å². The number of hydrogen-bond donors (Lipinski definition) is 1. The zero-order chi connectivity index (χ0) is 14.7. The van der Waals surface area contributed by atoms with Gasteiger partial charge in [0, 0.05) is 6.54 Å². The Morgan fingerprint density at radius 2 is 2.14 bits per heavy atom. The molecule has 0 spiro atoms. The summed E-state index contributed by atoms with van der Waals surface area (Å²) in [4.78, 5) is 14.8. The largest absolute Gasteiger partial charge is 0.461 e. The molecule has 3 aromatic rings. The molecule has 0 amide bonds. The summed E-state index contributed by atoms with van der Waals surface area (Å²) in [5, 5.41) is 4.35. The molecule has 0 fully saturated rings. The SMILES string of the molecule is CCOC(=O)c1cc2c(cnn2CCc2ccccc2)[nH]1. The Kier molecular flexibility index (Phi) is 3.73. The molecule has 0 aliphatic heterocycles. The number of aryl methyl sites for hydroxylation is 2. The van der Waals surface area contributed by atoms with Crippen LogP contribution >= 0.6 is 0 Å². The molecule has 5 heteroatoms. The quantitative estimate of drug-likeness (QED) is 0.732. The van der Waals surface area contributed by atoms with E-state index < -0.39 is 0 Å². The number of aromatic amines is 1. The van der Waals surface area contributed by atoms with Crippen LogP contribution in [0.2, 0.25) is 0 Å². The molecule has 0 aliphatic carbocycles. The van der Waals surface area contributed by atoms with Gasteiger partial charge in [0.25, 0.3) is 0 Å². The van der Waals surface area contributed by atoms with E-state index >= 15 is 0 Å². The fourth-order valence-corrected chi connectivity index (χ4v) is 2.34. The molecule has 0 atom stereocenters. The van der Waals surface area contributed by atoms with Crippen molar-refractivity contribution in [2.45, 2.75) is 19.9 Å². The highest BCUT2D eigenvalue weighted by Crippen LogP contribution is 2.16. The van der Waals surface area contributed by atoms with Crippen molar-refractivity contribution in [1.29, 1.82) is 0 Å². The van der Waals surface area contributed by atoms with Crippen LogP contribution < -0.4 is 0 Å². The molecular formula is C16H17N3O2. The van der Waals surface area contributed by atoms with Crippen molar-refractivity contribution in [3.05, 3.63) is 53.9 Å². The van der Waals surface area contributed by atoms with Crippen LogP contribution in [0.5, 0.6) is 0 Å². The van der Waals surface area contributed by atoms with E-state index in [1.807, 2.05) is 22.9 Å². The lowest BCUT2D eigenvalue weighted by molar-refractivity contribution is 0.0520. The lowest BCUT2D eigenvalue weighted by atomic mass is 10.1. The predicted molar refractivity (Wildman–Crippen MR) is 80.2 cm³/mol. The molecule has 2 aromatic heterocycles. The zero-order valence-corrected chi connectivity index (χ0v) is 11.9. The number of fused-ring (bicyclic) bond motifs is 1. The monoisotopic (exact) mass is 283 g/mol. The average molecular weight is 283 g/mol. The summed E-state index contributed by atoms with van der Waals surface area (Å²) in [7, 11) is 0. The third-order valence-corrected chi connectivity index (χ3v) is 3.38. The molecule has 0 bridgehead atoms. The standard InChI is InChI=1S/C16H17N3O2/c1-2-21-16(20)13-10-15-14(18-13)11-17-19(15)9-8-12-6-4-3-5-7-12/h3-7,10-11,18H,2,8-9H2,1H3. The van der Waals surface area contributed by atoms with Gasteiger partial charge >= 0.3 is 5.97 Å². The number of H-pyrrole nitrogens is 1. The van der Waals surface area contributed by atoms with Crippen molar-refractivity contribution in [1.82, 2.24) is 14.8 Å². The third kappa shape index (κ3) is 2.81. The summed E-state index contributed by atoms with van der Waals surface area (Å²) in [5.41, 5.74) is 3.51. The molecule has 21 heavy (non-hydrogen) atoms. The Hall–Kier alpha value is -2.56. The average Bonchev–Trinajstić information content (AvgIpc) is 3.07. The van der Waals surface area contributed by atoms with Gasteiger partial charge in [0.15, 0.2) is 0 Å². The minimum absolute atomic E-state index is 0.330. The van der Waals surface area contributed by atoms with E-state index in [0.29, 0.717) is 12.3 Å². The predicted octanol–water partition coefficient (Wildman–Crippen LogP) is 2.78. The van der Waals surface area contributed by atoms with E-state index in [0.717, 1.165) is 24.0 Å². The van der Waals surface area contributed by atoms with Crippen molar-refractivity contribution >= 4 is 17.0 Å². The van der Waals surface area contributed by atoms with E-state index in [9.17, 15) is 4.79 Å². The topological polar surface area (TPSA) is 59.9 Å². The first-order valence-corrected chi connectivity index (χ1v) is 7.03. The van der Waals surface area contributed by atoms with Gasteiger partial charge < -0.3 is 9.72 Å². The maximum absolute atomic E-state index is 11.7. The smallest absolute Gasteiger partial charge is 0.354 e. The zero-order valence-electron chi connectivity index (χ0n) is 11.9. The molecule has 1 N–H and O–H groups in total. The number of rotatable bonds is 5. The highest BCUT2D eigenvalue weighted by molar-refractivity contribution is 5.93. The fourth-order valence-electron chi connectivity index (χ4n) is 2.34. The summed E-state index contributed by atoms with van der Waals surface area (Å²) in [6.45, 7) is 2.93. The van der Waals surface area contributed by atoms with E-state index in [-0.39, 0.29) is 5.97 Å². The van der Waals surface area contributed by atoms with Gasteiger partial charge in [-0.2, -0.15) is 5.10 Å². The highest BCUT2D eigenvalue weighted by Gasteiger charge is 2.13. The number of nitrogens with one attached hydrogen (secondary N) is 1. The van der Waals surface area contributed by atoms with E-state index in [1.165, 1.54) is 5.56 Å². The van der Waals surface area contributed by atoms with Gasteiger partial charge in [0.1, 0.15) is 5.69 Å². The van der Waals surface area contributed by atoms with Crippen LogP contribution in [0.25, 0.3) is 11.0 Å². The molecule has 108 valence electrons. The van der Waals surface area contributed by atoms with E-state index in [2.05, 4.69) is 22.2 Å². The molecule has 1 aromatic carbocycles.